The summed E-state index contributed by atoms with van der Waals surface area (Å²) in [7, 11) is -7.64. The lowest BCUT2D eigenvalue weighted by Crippen LogP contribution is -2.37. The Balaban J connectivity index is 3.13. The molecule has 0 aliphatic heterocycles. The molecule has 0 radical (unpaired) electrons. The number of nitrogen functional groups attached to an aromatic ring is 1. The van der Waals surface area contributed by atoms with Crippen molar-refractivity contribution in [3.8, 4) is 0 Å². The summed E-state index contributed by atoms with van der Waals surface area (Å²) in [6.07, 6.45) is 0.968. The Morgan fingerprint density at radius 1 is 1.35 bits per heavy atom. The molecule has 0 saturated heterocycles. The molecule has 1 rings (SSSR count). The molecule has 114 valence electrons. The van der Waals surface area contributed by atoms with Gasteiger partial charge < -0.3 is 5.73 Å². The minimum absolute atomic E-state index is 0.0208. The fourth-order valence-corrected chi connectivity index (χ4v) is 4.35. The van der Waals surface area contributed by atoms with Crippen LogP contribution in [0.3, 0.4) is 0 Å². The van der Waals surface area contributed by atoms with Gasteiger partial charge >= 0.3 is 0 Å². The van der Waals surface area contributed by atoms with Crippen molar-refractivity contribution in [1.82, 2.24) is 4.72 Å². The van der Waals surface area contributed by atoms with E-state index in [4.69, 9.17) is 17.3 Å². The first kappa shape index (κ1) is 17.2. The number of sulfone groups is 1. The van der Waals surface area contributed by atoms with E-state index >= 15 is 0 Å². The van der Waals surface area contributed by atoms with E-state index in [9.17, 15) is 21.2 Å². The Kier molecular flexibility index (Phi) is 5.01. The van der Waals surface area contributed by atoms with E-state index in [1.807, 2.05) is 0 Å². The number of nitrogens with one attached hydrogen (secondary N) is 1. The molecule has 0 bridgehead atoms. The first-order valence-electron chi connectivity index (χ1n) is 5.37. The van der Waals surface area contributed by atoms with Gasteiger partial charge in [0.1, 0.15) is 14.7 Å². The highest BCUT2D eigenvalue weighted by Crippen LogP contribution is 2.25. The smallest absolute Gasteiger partial charge is 0.243 e. The standard InChI is InChI=1S/C10H14ClFN2O4S2/c1-6(5-19(2,15)16)14-20(17,18)9-4-7(13)3-8(11)10(9)12/h3-4,6,14H,5,13H2,1-2H3. The Bertz CT molecular complexity index is 719. The molecule has 0 amide bonds. The fraction of sp³-hybridized carbons (Fsp3) is 0.400. The van der Waals surface area contributed by atoms with E-state index in [1.54, 1.807) is 0 Å². The van der Waals surface area contributed by atoms with Gasteiger partial charge in [0.05, 0.1) is 10.8 Å². The van der Waals surface area contributed by atoms with Gasteiger partial charge in [0.15, 0.2) is 5.82 Å². The lowest BCUT2D eigenvalue weighted by atomic mass is 10.3. The molecule has 1 atom stereocenters. The molecular weight excluding hydrogens is 331 g/mol. The fourth-order valence-electron chi connectivity index (χ4n) is 1.60. The van der Waals surface area contributed by atoms with Crippen molar-refractivity contribution in [1.29, 1.82) is 0 Å². The topological polar surface area (TPSA) is 106 Å². The zero-order valence-electron chi connectivity index (χ0n) is 10.7. The molecule has 6 nitrogen and oxygen atoms in total. The molecule has 1 aromatic rings. The van der Waals surface area contributed by atoms with Gasteiger partial charge in [-0.25, -0.2) is 25.9 Å². The molecule has 0 spiro atoms. The van der Waals surface area contributed by atoms with Crippen LogP contribution in [0.1, 0.15) is 6.92 Å². The number of anilines is 1. The monoisotopic (exact) mass is 344 g/mol. The molecule has 20 heavy (non-hydrogen) atoms. The normalized spacial score (nSPS) is 14.2. The molecule has 0 saturated carbocycles. The Morgan fingerprint density at radius 3 is 2.40 bits per heavy atom. The van der Waals surface area contributed by atoms with Gasteiger partial charge in [-0.3, -0.25) is 0 Å². The zero-order chi connectivity index (χ0) is 15.7. The first-order valence-corrected chi connectivity index (χ1v) is 9.29. The molecular formula is C10H14ClFN2O4S2. The van der Waals surface area contributed by atoms with Crippen LogP contribution in [0.4, 0.5) is 10.1 Å². The maximum absolute atomic E-state index is 13.7. The van der Waals surface area contributed by atoms with E-state index in [0.29, 0.717) is 0 Å². The van der Waals surface area contributed by atoms with Crippen molar-refractivity contribution in [2.24, 2.45) is 0 Å². The number of halogens is 2. The van der Waals surface area contributed by atoms with Gasteiger partial charge in [-0.1, -0.05) is 11.6 Å². The number of hydrogen-bond acceptors (Lipinski definition) is 5. The predicted octanol–water partition coefficient (Wildman–Crippen LogP) is 0.773. The minimum atomic E-state index is -4.26. The van der Waals surface area contributed by atoms with E-state index < -0.39 is 47.4 Å². The SMILES string of the molecule is CC(CS(C)(=O)=O)NS(=O)(=O)c1cc(N)cc(Cl)c1F. The van der Waals surface area contributed by atoms with Gasteiger partial charge in [-0.15, -0.1) is 0 Å². The van der Waals surface area contributed by atoms with Crippen LogP contribution in [0.2, 0.25) is 5.02 Å². The molecule has 3 N–H and O–H groups in total. The Morgan fingerprint density at radius 2 is 1.90 bits per heavy atom. The van der Waals surface area contributed by atoms with E-state index in [-0.39, 0.29) is 5.69 Å². The van der Waals surface area contributed by atoms with Crippen molar-refractivity contribution in [2.75, 3.05) is 17.7 Å². The van der Waals surface area contributed by atoms with Crippen molar-refractivity contribution < 1.29 is 21.2 Å². The number of rotatable bonds is 5. The summed E-state index contributed by atoms with van der Waals surface area (Å²) in [5, 5.41) is -0.429. The van der Waals surface area contributed by atoms with Gasteiger partial charge in [-0.2, -0.15) is 0 Å². The lowest BCUT2D eigenvalue weighted by molar-refractivity contribution is 0.547. The van der Waals surface area contributed by atoms with Crippen LogP contribution in [-0.4, -0.2) is 34.9 Å². The molecule has 0 fully saturated rings. The van der Waals surface area contributed by atoms with Gasteiger partial charge in [0.2, 0.25) is 10.0 Å². The molecule has 0 heterocycles. The number of nitrogens with two attached hydrogens (primary N) is 1. The maximum Gasteiger partial charge on any atom is 0.243 e. The van der Waals surface area contributed by atoms with Crippen molar-refractivity contribution in [3.05, 3.63) is 23.0 Å². The molecule has 10 heteroatoms. The number of benzene rings is 1. The van der Waals surface area contributed by atoms with Gasteiger partial charge in [0, 0.05) is 18.0 Å². The van der Waals surface area contributed by atoms with Crippen LogP contribution in [-0.2, 0) is 19.9 Å². The van der Waals surface area contributed by atoms with Crippen LogP contribution >= 0.6 is 11.6 Å². The van der Waals surface area contributed by atoms with E-state index in [1.165, 1.54) is 6.92 Å². The maximum atomic E-state index is 13.7. The van der Waals surface area contributed by atoms with Gasteiger partial charge in [-0.05, 0) is 19.1 Å². The zero-order valence-corrected chi connectivity index (χ0v) is 13.1. The van der Waals surface area contributed by atoms with Gasteiger partial charge in [0.25, 0.3) is 0 Å². The largest absolute Gasteiger partial charge is 0.399 e. The third kappa shape index (κ3) is 4.58. The van der Waals surface area contributed by atoms with Crippen molar-refractivity contribution in [3.63, 3.8) is 0 Å². The van der Waals surface area contributed by atoms with Crippen LogP contribution in [0.25, 0.3) is 0 Å². The summed E-state index contributed by atoms with van der Waals surface area (Å²) >= 11 is 5.53. The summed E-state index contributed by atoms with van der Waals surface area (Å²) in [6, 6.07) is 1.07. The van der Waals surface area contributed by atoms with Crippen LogP contribution < -0.4 is 10.5 Å². The number of sulfonamides is 1. The lowest BCUT2D eigenvalue weighted by Gasteiger charge is -2.14. The van der Waals surface area contributed by atoms with Crippen molar-refractivity contribution >= 4 is 37.1 Å². The van der Waals surface area contributed by atoms with Crippen LogP contribution in [0.5, 0.6) is 0 Å². The molecule has 0 aliphatic rings. The molecule has 1 aromatic carbocycles. The summed E-state index contributed by atoms with van der Waals surface area (Å²) < 4.78 is 62.0. The first-order chi connectivity index (χ1) is 8.92. The average Bonchev–Trinajstić information content (AvgIpc) is 2.19. The second-order valence-electron chi connectivity index (χ2n) is 4.43. The highest BCUT2D eigenvalue weighted by Gasteiger charge is 2.25. The summed E-state index contributed by atoms with van der Waals surface area (Å²) in [5.41, 5.74) is 5.40. The van der Waals surface area contributed by atoms with Crippen LogP contribution in [0, 0.1) is 5.82 Å². The molecule has 0 aliphatic carbocycles. The third-order valence-electron chi connectivity index (χ3n) is 2.22. The predicted molar refractivity (Wildman–Crippen MR) is 75.3 cm³/mol. The van der Waals surface area contributed by atoms with Crippen molar-refractivity contribution in [2.45, 2.75) is 17.9 Å². The average molecular weight is 345 g/mol. The van der Waals surface area contributed by atoms with E-state index in [0.717, 1.165) is 18.4 Å². The number of hydrogen-bond donors (Lipinski definition) is 2. The third-order valence-corrected chi connectivity index (χ3v) is 5.19. The summed E-state index contributed by atoms with van der Waals surface area (Å²) in [4.78, 5) is -0.720. The second-order valence-corrected chi connectivity index (χ2v) is 8.70. The van der Waals surface area contributed by atoms with E-state index in [2.05, 4.69) is 4.72 Å². The quantitative estimate of drug-likeness (QED) is 0.767. The summed E-state index contributed by atoms with van der Waals surface area (Å²) in [5.74, 6) is -1.55. The Hall–Kier alpha value is -0.900. The second kappa shape index (κ2) is 5.84. The highest BCUT2D eigenvalue weighted by molar-refractivity contribution is 7.91. The Labute approximate surface area is 122 Å². The minimum Gasteiger partial charge on any atom is -0.399 e. The highest BCUT2D eigenvalue weighted by atomic mass is 35.5. The van der Waals surface area contributed by atoms with Crippen LogP contribution in [0.15, 0.2) is 17.0 Å². The molecule has 1 unspecified atom stereocenters. The molecule has 0 aromatic heterocycles. The summed E-state index contributed by atoms with van der Waals surface area (Å²) in [6.45, 7) is 1.35.